The molecular weight excluding hydrogens is 268 g/mol. The second-order valence-corrected chi connectivity index (χ2v) is 5.60. The number of hydrogen-bond acceptors (Lipinski definition) is 4. The standard InChI is InChI=1S/C15H28N4O2/c1-5-7-9-11(3)17-12-13(16)19(10-8-6-2)15(21)18(4)14(12)20/h11,17H,5-10,16H2,1-4H3. The second kappa shape index (κ2) is 7.90. The van der Waals surface area contributed by atoms with Crippen molar-refractivity contribution in [3.63, 3.8) is 0 Å². The fourth-order valence-corrected chi connectivity index (χ4v) is 2.28. The quantitative estimate of drug-likeness (QED) is 0.768. The van der Waals surface area contributed by atoms with Gasteiger partial charge in [-0.25, -0.2) is 4.79 Å². The molecule has 0 aromatic carbocycles. The number of anilines is 2. The van der Waals surface area contributed by atoms with Crippen LogP contribution in [0.3, 0.4) is 0 Å². The van der Waals surface area contributed by atoms with E-state index in [9.17, 15) is 9.59 Å². The van der Waals surface area contributed by atoms with Gasteiger partial charge in [-0.15, -0.1) is 0 Å². The molecule has 1 aromatic heterocycles. The van der Waals surface area contributed by atoms with Gasteiger partial charge < -0.3 is 11.1 Å². The van der Waals surface area contributed by atoms with Crippen LogP contribution in [-0.4, -0.2) is 15.2 Å². The molecule has 6 nitrogen and oxygen atoms in total. The fourth-order valence-electron chi connectivity index (χ4n) is 2.28. The van der Waals surface area contributed by atoms with Crippen molar-refractivity contribution in [2.45, 2.75) is 65.5 Å². The monoisotopic (exact) mass is 296 g/mol. The summed E-state index contributed by atoms with van der Waals surface area (Å²) in [6.45, 7) is 6.74. The van der Waals surface area contributed by atoms with E-state index in [1.54, 1.807) is 0 Å². The molecule has 0 spiro atoms. The minimum atomic E-state index is -0.353. The Labute approximate surface area is 126 Å². The number of hydrogen-bond donors (Lipinski definition) is 2. The largest absolute Gasteiger partial charge is 0.383 e. The molecule has 6 heteroatoms. The van der Waals surface area contributed by atoms with Crippen LogP contribution in [-0.2, 0) is 13.6 Å². The summed E-state index contributed by atoms with van der Waals surface area (Å²) >= 11 is 0. The minimum absolute atomic E-state index is 0.150. The zero-order valence-corrected chi connectivity index (χ0v) is 13.6. The maximum atomic E-state index is 12.3. The Morgan fingerprint density at radius 2 is 1.81 bits per heavy atom. The molecule has 0 saturated carbocycles. The van der Waals surface area contributed by atoms with Gasteiger partial charge in [0, 0.05) is 19.6 Å². The summed E-state index contributed by atoms with van der Waals surface area (Å²) in [7, 11) is 1.49. The van der Waals surface area contributed by atoms with Gasteiger partial charge in [0.2, 0.25) is 0 Å². The highest BCUT2D eigenvalue weighted by Gasteiger charge is 2.16. The molecule has 3 N–H and O–H groups in total. The molecule has 0 bridgehead atoms. The normalized spacial score (nSPS) is 12.4. The minimum Gasteiger partial charge on any atom is -0.383 e. The van der Waals surface area contributed by atoms with Crippen LogP contribution in [0.4, 0.5) is 11.5 Å². The number of nitrogen functional groups attached to an aromatic ring is 1. The number of rotatable bonds is 8. The molecule has 120 valence electrons. The lowest BCUT2D eigenvalue weighted by Gasteiger charge is -2.19. The Hall–Kier alpha value is -1.72. The van der Waals surface area contributed by atoms with Crippen molar-refractivity contribution in [3.8, 4) is 0 Å². The SMILES string of the molecule is CCCCC(C)Nc1c(N)n(CCCC)c(=O)n(C)c1=O. The van der Waals surface area contributed by atoms with E-state index in [0.29, 0.717) is 12.2 Å². The van der Waals surface area contributed by atoms with Crippen LogP contribution in [0.1, 0.15) is 52.9 Å². The predicted octanol–water partition coefficient (Wildman–Crippen LogP) is 1.92. The molecule has 1 atom stereocenters. The number of nitrogens with two attached hydrogens (primary N) is 1. The van der Waals surface area contributed by atoms with E-state index in [-0.39, 0.29) is 23.1 Å². The van der Waals surface area contributed by atoms with E-state index >= 15 is 0 Å². The molecule has 1 aromatic rings. The van der Waals surface area contributed by atoms with Gasteiger partial charge in [0.25, 0.3) is 5.56 Å². The Kier molecular flexibility index (Phi) is 6.52. The van der Waals surface area contributed by atoms with Crippen molar-refractivity contribution in [1.82, 2.24) is 9.13 Å². The summed E-state index contributed by atoms with van der Waals surface area (Å²) in [5.41, 5.74) is 5.70. The van der Waals surface area contributed by atoms with E-state index in [0.717, 1.165) is 36.7 Å². The highest BCUT2D eigenvalue weighted by Crippen LogP contribution is 2.14. The Morgan fingerprint density at radius 3 is 2.38 bits per heavy atom. The highest BCUT2D eigenvalue weighted by molar-refractivity contribution is 5.61. The van der Waals surface area contributed by atoms with Gasteiger partial charge in [0.1, 0.15) is 11.5 Å². The zero-order valence-electron chi connectivity index (χ0n) is 13.6. The summed E-state index contributed by atoms with van der Waals surface area (Å²) in [6.07, 6.45) is 4.98. The Morgan fingerprint density at radius 1 is 1.19 bits per heavy atom. The number of nitrogens with one attached hydrogen (secondary N) is 1. The Bertz CT molecular complexity index is 574. The first kappa shape index (κ1) is 17.3. The molecule has 1 heterocycles. The van der Waals surface area contributed by atoms with Crippen LogP contribution >= 0.6 is 0 Å². The number of aromatic nitrogens is 2. The average molecular weight is 296 g/mol. The first-order valence-electron chi connectivity index (χ1n) is 7.79. The third-order valence-corrected chi connectivity index (χ3v) is 3.70. The summed E-state index contributed by atoms with van der Waals surface area (Å²) in [6, 6.07) is 0.150. The molecule has 0 saturated heterocycles. The van der Waals surface area contributed by atoms with Gasteiger partial charge in [-0.1, -0.05) is 33.1 Å². The molecule has 0 aliphatic carbocycles. The second-order valence-electron chi connectivity index (χ2n) is 5.60. The molecule has 1 rings (SSSR count). The molecule has 0 fully saturated rings. The molecule has 0 aliphatic heterocycles. The van der Waals surface area contributed by atoms with Crippen molar-refractivity contribution >= 4 is 11.5 Å². The molecule has 0 radical (unpaired) electrons. The molecule has 0 aliphatic rings. The van der Waals surface area contributed by atoms with E-state index in [1.807, 2.05) is 6.92 Å². The third-order valence-electron chi connectivity index (χ3n) is 3.70. The average Bonchev–Trinajstić information content (AvgIpc) is 2.47. The lowest BCUT2D eigenvalue weighted by molar-refractivity contribution is 0.572. The van der Waals surface area contributed by atoms with Gasteiger partial charge in [0.05, 0.1) is 0 Å². The van der Waals surface area contributed by atoms with Gasteiger partial charge in [-0.05, 0) is 19.8 Å². The van der Waals surface area contributed by atoms with Gasteiger partial charge >= 0.3 is 5.69 Å². The van der Waals surface area contributed by atoms with E-state index in [4.69, 9.17) is 5.73 Å². The molecule has 1 unspecified atom stereocenters. The number of nitrogens with zero attached hydrogens (tertiary/aromatic N) is 2. The maximum absolute atomic E-state index is 12.3. The van der Waals surface area contributed by atoms with E-state index in [2.05, 4.69) is 19.2 Å². The van der Waals surface area contributed by atoms with Gasteiger partial charge in [-0.2, -0.15) is 0 Å². The van der Waals surface area contributed by atoms with Crippen LogP contribution in [0.5, 0.6) is 0 Å². The first-order chi connectivity index (χ1) is 9.93. The third kappa shape index (κ3) is 4.12. The maximum Gasteiger partial charge on any atom is 0.332 e. The number of unbranched alkanes of at least 4 members (excludes halogenated alkanes) is 2. The van der Waals surface area contributed by atoms with Crippen molar-refractivity contribution in [1.29, 1.82) is 0 Å². The zero-order chi connectivity index (χ0) is 16.0. The molecule has 21 heavy (non-hydrogen) atoms. The lowest BCUT2D eigenvalue weighted by atomic mass is 10.1. The van der Waals surface area contributed by atoms with Crippen molar-refractivity contribution in [2.75, 3.05) is 11.1 Å². The van der Waals surface area contributed by atoms with Gasteiger partial charge in [0.15, 0.2) is 0 Å². The lowest BCUT2D eigenvalue weighted by Crippen LogP contribution is -2.41. The van der Waals surface area contributed by atoms with Crippen molar-refractivity contribution in [2.24, 2.45) is 7.05 Å². The topological polar surface area (TPSA) is 82.0 Å². The summed E-state index contributed by atoms with van der Waals surface area (Å²) in [5, 5.41) is 3.18. The van der Waals surface area contributed by atoms with Crippen LogP contribution in [0, 0.1) is 0 Å². The van der Waals surface area contributed by atoms with Crippen LogP contribution in [0.2, 0.25) is 0 Å². The van der Waals surface area contributed by atoms with Crippen LogP contribution < -0.4 is 22.3 Å². The van der Waals surface area contributed by atoms with E-state index in [1.165, 1.54) is 11.6 Å². The van der Waals surface area contributed by atoms with Crippen LogP contribution in [0.15, 0.2) is 9.59 Å². The summed E-state index contributed by atoms with van der Waals surface area (Å²) < 4.78 is 2.61. The molecule has 0 amide bonds. The van der Waals surface area contributed by atoms with Gasteiger partial charge in [-0.3, -0.25) is 13.9 Å². The van der Waals surface area contributed by atoms with E-state index < -0.39 is 0 Å². The van der Waals surface area contributed by atoms with Crippen LogP contribution in [0.25, 0.3) is 0 Å². The molecular formula is C15H28N4O2. The fraction of sp³-hybridized carbons (Fsp3) is 0.733. The Balaban J connectivity index is 3.16. The van der Waals surface area contributed by atoms with Crippen molar-refractivity contribution < 1.29 is 0 Å². The predicted molar refractivity (Wildman–Crippen MR) is 87.9 cm³/mol. The smallest absolute Gasteiger partial charge is 0.332 e. The summed E-state index contributed by atoms with van der Waals surface area (Å²) in [4.78, 5) is 24.4. The summed E-state index contributed by atoms with van der Waals surface area (Å²) in [5.74, 6) is 0.250. The highest BCUT2D eigenvalue weighted by atomic mass is 16.2. The van der Waals surface area contributed by atoms with Crippen molar-refractivity contribution in [3.05, 3.63) is 20.8 Å². The first-order valence-corrected chi connectivity index (χ1v) is 7.79.